The van der Waals surface area contributed by atoms with Gasteiger partial charge in [-0.15, -0.1) is 6.42 Å². The first kappa shape index (κ1) is 8.11. The fourth-order valence-electron chi connectivity index (χ4n) is 0.814. The summed E-state index contributed by atoms with van der Waals surface area (Å²) in [5.74, 6) is 2.53. The van der Waals surface area contributed by atoms with Crippen LogP contribution in [0.15, 0.2) is 30.5 Å². The molecule has 0 heterocycles. The lowest BCUT2D eigenvalue weighted by molar-refractivity contribution is 1.61. The van der Waals surface area contributed by atoms with Crippen LogP contribution in [0.2, 0.25) is 0 Å². The number of terminal acetylenes is 1. The fraction of sp³-hybridized carbons (Fsp3) is 0. The van der Waals surface area contributed by atoms with E-state index in [1.807, 2.05) is 24.3 Å². The van der Waals surface area contributed by atoms with Crippen molar-refractivity contribution in [2.75, 3.05) is 0 Å². The number of nitrogens with zero attached hydrogens (tertiary/aromatic N) is 1. The minimum absolute atomic E-state index is 0.856. The quantitative estimate of drug-likeness (QED) is 0.431. The second-order valence-corrected chi connectivity index (χ2v) is 2.21. The van der Waals surface area contributed by atoms with E-state index < -0.39 is 0 Å². The average Bonchev–Trinajstić information content (AvgIpc) is 2.15. The molecule has 12 heavy (non-hydrogen) atoms. The van der Waals surface area contributed by atoms with E-state index in [0.717, 1.165) is 11.1 Å². The maximum absolute atomic E-state index is 6.54. The van der Waals surface area contributed by atoms with E-state index in [1.54, 1.807) is 6.08 Å². The first-order valence-corrected chi connectivity index (χ1v) is 3.46. The molecular weight excluding hydrogens is 146 g/mol. The van der Waals surface area contributed by atoms with Crippen LogP contribution in [-0.4, -0.2) is 0 Å². The first-order valence-electron chi connectivity index (χ1n) is 3.46. The zero-order valence-electron chi connectivity index (χ0n) is 6.49. The zero-order valence-corrected chi connectivity index (χ0v) is 6.49. The van der Waals surface area contributed by atoms with Crippen molar-refractivity contribution in [2.24, 2.45) is 0 Å². The molecule has 0 aliphatic rings. The summed E-state index contributed by atoms with van der Waals surface area (Å²) in [6.45, 7) is 6.54. The van der Waals surface area contributed by atoms with Crippen molar-refractivity contribution >= 4 is 6.08 Å². The highest BCUT2D eigenvalue weighted by Gasteiger charge is 1.86. The van der Waals surface area contributed by atoms with Crippen molar-refractivity contribution < 1.29 is 0 Å². The van der Waals surface area contributed by atoms with E-state index in [0.29, 0.717) is 0 Å². The minimum Gasteiger partial charge on any atom is -0.246 e. The third-order valence-electron chi connectivity index (χ3n) is 1.42. The first-order chi connectivity index (χ1) is 5.86. The van der Waals surface area contributed by atoms with Crippen molar-refractivity contribution in [3.05, 3.63) is 53.0 Å². The molecule has 0 amide bonds. The Balaban J connectivity index is 2.88. The Morgan fingerprint density at radius 3 is 2.50 bits per heavy atom. The maximum Gasteiger partial charge on any atom is 0.154 e. The molecule has 0 saturated heterocycles. The molecule has 0 spiro atoms. The van der Waals surface area contributed by atoms with Crippen molar-refractivity contribution in [1.82, 2.24) is 0 Å². The van der Waals surface area contributed by atoms with Crippen molar-refractivity contribution in [3.63, 3.8) is 0 Å². The predicted molar refractivity (Wildman–Crippen MR) is 50.0 cm³/mol. The summed E-state index contributed by atoms with van der Waals surface area (Å²) >= 11 is 0. The van der Waals surface area contributed by atoms with Crippen LogP contribution < -0.4 is 0 Å². The van der Waals surface area contributed by atoms with E-state index >= 15 is 0 Å². The van der Waals surface area contributed by atoms with Crippen molar-refractivity contribution in [3.8, 4) is 12.3 Å². The van der Waals surface area contributed by atoms with Gasteiger partial charge in [-0.2, -0.15) is 0 Å². The summed E-state index contributed by atoms with van der Waals surface area (Å²) in [7, 11) is 0. The van der Waals surface area contributed by atoms with Crippen LogP contribution in [0.4, 0.5) is 0 Å². The van der Waals surface area contributed by atoms with Crippen LogP contribution >= 0.6 is 0 Å². The number of hydrogen-bond acceptors (Lipinski definition) is 0. The lowest BCUT2D eigenvalue weighted by atomic mass is 10.1. The molecule has 0 radical (unpaired) electrons. The highest BCUT2D eigenvalue weighted by Crippen LogP contribution is 2.04. The summed E-state index contributed by atoms with van der Waals surface area (Å²) < 4.78 is 0. The van der Waals surface area contributed by atoms with Gasteiger partial charge >= 0.3 is 0 Å². The fourth-order valence-corrected chi connectivity index (χ4v) is 0.814. The lowest BCUT2D eigenvalue weighted by Gasteiger charge is -1.91. The zero-order chi connectivity index (χ0) is 8.81. The number of benzene rings is 1. The Labute approximate surface area is 72.2 Å². The monoisotopic (exact) mass is 153 g/mol. The molecule has 1 nitrogen and oxygen atoms in total. The highest BCUT2D eigenvalue weighted by molar-refractivity contribution is 5.51. The molecule has 1 aromatic rings. The molecular formula is C11H7N. The van der Waals surface area contributed by atoms with Crippen molar-refractivity contribution in [1.29, 1.82) is 0 Å². The van der Waals surface area contributed by atoms with Gasteiger partial charge in [-0.05, 0) is 17.7 Å². The molecule has 1 heteroatoms. The minimum atomic E-state index is 0.856. The molecule has 1 rings (SSSR count). The molecule has 0 aliphatic carbocycles. The van der Waals surface area contributed by atoms with Gasteiger partial charge < -0.3 is 0 Å². The predicted octanol–water partition coefficient (Wildman–Crippen LogP) is 2.56. The molecule has 1 aromatic carbocycles. The van der Waals surface area contributed by atoms with Crippen LogP contribution in [-0.2, 0) is 0 Å². The van der Waals surface area contributed by atoms with Gasteiger partial charge in [0.25, 0.3) is 0 Å². The summed E-state index contributed by atoms with van der Waals surface area (Å²) in [4.78, 5) is 3.10. The van der Waals surface area contributed by atoms with E-state index in [9.17, 15) is 0 Å². The Morgan fingerprint density at radius 1 is 1.33 bits per heavy atom. The molecule has 0 N–H and O–H groups in total. The van der Waals surface area contributed by atoms with Crippen LogP contribution in [0.5, 0.6) is 0 Å². The van der Waals surface area contributed by atoms with E-state index in [-0.39, 0.29) is 0 Å². The van der Waals surface area contributed by atoms with E-state index in [4.69, 9.17) is 13.0 Å². The number of hydrogen-bond donors (Lipinski definition) is 0. The van der Waals surface area contributed by atoms with E-state index in [1.165, 1.54) is 6.20 Å². The Morgan fingerprint density at radius 2 is 2.00 bits per heavy atom. The molecule has 0 fully saturated rings. The highest BCUT2D eigenvalue weighted by atomic mass is 14.6. The normalized spacial score (nSPS) is 9.17. The van der Waals surface area contributed by atoms with Gasteiger partial charge in [0.05, 0.1) is 6.57 Å². The van der Waals surface area contributed by atoms with Crippen LogP contribution in [0, 0.1) is 18.9 Å². The van der Waals surface area contributed by atoms with Gasteiger partial charge in [0.15, 0.2) is 6.20 Å². The van der Waals surface area contributed by atoms with Crippen LogP contribution in [0.25, 0.3) is 10.9 Å². The van der Waals surface area contributed by atoms with E-state index in [2.05, 4.69) is 10.8 Å². The Hall–Kier alpha value is -1.99. The Bertz CT molecular complexity index is 357. The second-order valence-electron chi connectivity index (χ2n) is 2.21. The molecule has 0 aromatic heterocycles. The van der Waals surface area contributed by atoms with Gasteiger partial charge in [-0.3, -0.25) is 0 Å². The third kappa shape index (κ3) is 2.01. The second kappa shape index (κ2) is 4.01. The smallest absolute Gasteiger partial charge is 0.154 e. The van der Waals surface area contributed by atoms with Gasteiger partial charge in [0.2, 0.25) is 0 Å². The summed E-state index contributed by atoms with van der Waals surface area (Å²) in [6.07, 6.45) is 8.35. The lowest BCUT2D eigenvalue weighted by Crippen LogP contribution is -1.73. The third-order valence-corrected chi connectivity index (χ3v) is 1.42. The van der Waals surface area contributed by atoms with Crippen LogP contribution in [0.1, 0.15) is 11.1 Å². The van der Waals surface area contributed by atoms with Gasteiger partial charge in [0.1, 0.15) is 0 Å². The van der Waals surface area contributed by atoms with Crippen LogP contribution in [0.3, 0.4) is 0 Å². The molecule has 0 bridgehead atoms. The molecule has 0 aliphatic heterocycles. The Kier molecular flexibility index (Phi) is 2.71. The molecule has 0 unspecified atom stereocenters. The number of rotatable bonds is 1. The van der Waals surface area contributed by atoms with Gasteiger partial charge in [0, 0.05) is 5.56 Å². The van der Waals surface area contributed by atoms with Gasteiger partial charge in [-0.1, -0.05) is 24.1 Å². The molecule has 0 saturated carbocycles. The molecule has 0 atom stereocenters. The topological polar surface area (TPSA) is 4.36 Å². The summed E-state index contributed by atoms with van der Waals surface area (Å²) in [6, 6.07) is 7.47. The van der Waals surface area contributed by atoms with Crippen molar-refractivity contribution in [2.45, 2.75) is 0 Å². The SMILES string of the molecule is [C-]#[N+]/C=C/c1ccc(C#C)cc1. The van der Waals surface area contributed by atoms with Gasteiger partial charge in [-0.25, -0.2) is 4.85 Å². The largest absolute Gasteiger partial charge is 0.246 e. The summed E-state index contributed by atoms with van der Waals surface area (Å²) in [5.41, 5.74) is 1.85. The molecule has 56 valence electrons. The standard InChI is InChI=1S/C11H7N/c1-3-10-4-6-11(7-5-10)8-9-12-2/h1,4-9H/b9-8+. The summed E-state index contributed by atoms with van der Waals surface area (Å²) in [5, 5.41) is 0. The maximum atomic E-state index is 6.54. The average molecular weight is 153 g/mol.